The van der Waals surface area contributed by atoms with Crippen LogP contribution < -0.4 is 15.6 Å². The molecule has 0 spiro atoms. The van der Waals surface area contributed by atoms with Crippen molar-refractivity contribution in [2.45, 2.75) is 23.4 Å². The summed E-state index contributed by atoms with van der Waals surface area (Å²) in [7, 11) is -4.43. The molecule has 0 aliphatic rings. The van der Waals surface area contributed by atoms with Crippen molar-refractivity contribution >= 4 is 15.7 Å². The van der Waals surface area contributed by atoms with Crippen LogP contribution in [-0.4, -0.2) is 26.9 Å². The lowest BCUT2D eigenvalue weighted by molar-refractivity contribution is -0.299. The molecule has 4 N–H and O–H groups in total. The minimum Gasteiger partial charge on any atom is -0.469 e. The summed E-state index contributed by atoms with van der Waals surface area (Å²) in [5.74, 6) is -1.10. The molecule has 1 aromatic carbocycles. The second-order valence-electron chi connectivity index (χ2n) is 3.79. The van der Waals surface area contributed by atoms with Crippen LogP contribution in [0.3, 0.4) is 0 Å². The normalized spacial score (nSPS) is 13.5. The van der Waals surface area contributed by atoms with Crippen LogP contribution in [0.1, 0.15) is 0 Å². The number of alkyl halides is 6. The van der Waals surface area contributed by atoms with Crippen molar-refractivity contribution in [1.29, 1.82) is 0 Å². The number of hydrogen-bond acceptors (Lipinski definition) is 4. The van der Waals surface area contributed by atoms with E-state index in [9.17, 15) is 34.8 Å². The van der Waals surface area contributed by atoms with Crippen molar-refractivity contribution in [3.8, 4) is 5.75 Å². The standard InChI is InChI=1S/C9H8F6N2O3S/c10-8(11,12)7(9(13,14)15)20-4-2-1-3-5(6(4)16)21(17,18)19/h1-3,7H,16H2,(H2,17,18,19). The van der Waals surface area contributed by atoms with Gasteiger partial charge < -0.3 is 10.5 Å². The molecular weight excluding hydrogens is 330 g/mol. The molecule has 21 heavy (non-hydrogen) atoms. The summed E-state index contributed by atoms with van der Waals surface area (Å²) < 4.78 is 100. The molecule has 0 heterocycles. The molecule has 12 heteroatoms. The molecule has 0 aromatic heterocycles. The molecule has 0 bridgehead atoms. The number of hydrogen-bond donors (Lipinski definition) is 2. The number of para-hydroxylation sites is 1. The molecule has 0 aliphatic carbocycles. The lowest BCUT2D eigenvalue weighted by Crippen LogP contribution is -2.46. The number of rotatable bonds is 3. The van der Waals surface area contributed by atoms with E-state index in [0.29, 0.717) is 6.07 Å². The van der Waals surface area contributed by atoms with Crippen molar-refractivity contribution in [2.24, 2.45) is 5.14 Å². The molecule has 0 atom stereocenters. The van der Waals surface area contributed by atoms with Gasteiger partial charge in [-0.25, -0.2) is 13.6 Å². The Balaban J connectivity index is 3.30. The third kappa shape index (κ3) is 4.14. The average molecular weight is 338 g/mol. The summed E-state index contributed by atoms with van der Waals surface area (Å²) in [6, 6.07) is 2.32. The highest BCUT2D eigenvalue weighted by Crippen LogP contribution is 2.38. The van der Waals surface area contributed by atoms with Crippen LogP contribution in [0.5, 0.6) is 5.75 Å². The lowest BCUT2D eigenvalue weighted by Gasteiger charge is -2.24. The summed E-state index contributed by atoms with van der Waals surface area (Å²) in [6.45, 7) is 0. The summed E-state index contributed by atoms with van der Waals surface area (Å²) >= 11 is 0. The van der Waals surface area contributed by atoms with Crippen LogP contribution in [0, 0.1) is 0 Å². The second-order valence-corrected chi connectivity index (χ2v) is 5.32. The molecule has 0 fully saturated rings. The zero-order chi connectivity index (χ0) is 16.6. The Morgan fingerprint density at radius 2 is 1.52 bits per heavy atom. The van der Waals surface area contributed by atoms with Crippen molar-refractivity contribution < 1.29 is 39.5 Å². The predicted octanol–water partition coefficient (Wildman–Crippen LogP) is 1.79. The molecule has 0 radical (unpaired) electrons. The summed E-state index contributed by atoms with van der Waals surface area (Å²) in [5.41, 5.74) is 4.24. The van der Waals surface area contributed by atoms with E-state index < -0.39 is 44.8 Å². The van der Waals surface area contributed by atoms with E-state index in [2.05, 4.69) is 4.74 Å². The van der Waals surface area contributed by atoms with Gasteiger partial charge in [0.2, 0.25) is 10.0 Å². The van der Waals surface area contributed by atoms with Crippen molar-refractivity contribution in [1.82, 2.24) is 0 Å². The Morgan fingerprint density at radius 1 is 1.05 bits per heavy atom. The third-order valence-corrected chi connectivity index (χ3v) is 3.14. The highest BCUT2D eigenvalue weighted by molar-refractivity contribution is 7.89. The Hall–Kier alpha value is -1.69. The van der Waals surface area contributed by atoms with Gasteiger partial charge in [0.1, 0.15) is 10.6 Å². The molecule has 0 aliphatic heterocycles. The molecule has 5 nitrogen and oxygen atoms in total. The first-order valence-electron chi connectivity index (χ1n) is 4.96. The van der Waals surface area contributed by atoms with E-state index in [1.807, 2.05) is 0 Å². The second kappa shape index (κ2) is 5.26. The first kappa shape index (κ1) is 17.4. The van der Waals surface area contributed by atoms with E-state index in [1.165, 1.54) is 0 Å². The van der Waals surface area contributed by atoms with Crippen molar-refractivity contribution in [2.75, 3.05) is 5.73 Å². The van der Waals surface area contributed by atoms with E-state index in [1.54, 1.807) is 0 Å². The molecular formula is C9H8F6N2O3S. The van der Waals surface area contributed by atoms with Gasteiger partial charge in [0, 0.05) is 0 Å². The largest absolute Gasteiger partial charge is 0.469 e. The highest BCUT2D eigenvalue weighted by atomic mass is 32.2. The molecule has 1 aromatic rings. The quantitative estimate of drug-likeness (QED) is 0.649. The monoisotopic (exact) mass is 338 g/mol. The van der Waals surface area contributed by atoms with Crippen LogP contribution >= 0.6 is 0 Å². The number of benzene rings is 1. The van der Waals surface area contributed by atoms with Gasteiger partial charge in [0.15, 0.2) is 0 Å². The van der Waals surface area contributed by atoms with Crippen LogP contribution in [0.15, 0.2) is 23.1 Å². The fourth-order valence-corrected chi connectivity index (χ4v) is 2.00. The first-order valence-corrected chi connectivity index (χ1v) is 6.50. The number of nitrogens with two attached hydrogens (primary N) is 2. The zero-order valence-corrected chi connectivity index (χ0v) is 10.7. The topological polar surface area (TPSA) is 95.4 Å². The Kier molecular flexibility index (Phi) is 4.34. The molecule has 0 unspecified atom stereocenters. The molecule has 1 rings (SSSR count). The Labute approximate surface area is 114 Å². The first-order chi connectivity index (χ1) is 9.24. The van der Waals surface area contributed by atoms with Gasteiger partial charge in [-0.05, 0) is 12.1 Å². The maximum absolute atomic E-state index is 12.3. The van der Waals surface area contributed by atoms with Gasteiger partial charge in [-0.15, -0.1) is 0 Å². The third-order valence-electron chi connectivity index (χ3n) is 2.17. The zero-order valence-electron chi connectivity index (χ0n) is 9.86. The number of anilines is 1. The van der Waals surface area contributed by atoms with Crippen LogP contribution in [0.4, 0.5) is 32.0 Å². The lowest BCUT2D eigenvalue weighted by atomic mass is 10.2. The van der Waals surface area contributed by atoms with E-state index >= 15 is 0 Å². The van der Waals surface area contributed by atoms with Crippen molar-refractivity contribution in [3.63, 3.8) is 0 Å². The molecule has 0 saturated carbocycles. The van der Waals surface area contributed by atoms with E-state index in [4.69, 9.17) is 10.9 Å². The minimum absolute atomic E-state index is 0.661. The number of sulfonamides is 1. The highest BCUT2D eigenvalue weighted by Gasteiger charge is 2.59. The van der Waals surface area contributed by atoms with E-state index in [-0.39, 0.29) is 0 Å². The van der Waals surface area contributed by atoms with Crippen molar-refractivity contribution in [3.05, 3.63) is 18.2 Å². The van der Waals surface area contributed by atoms with Gasteiger partial charge in [-0.1, -0.05) is 6.07 Å². The number of halogens is 6. The average Bonchev–Trinajstić information content (AvgIpc) is 2.22. The molecule has 0 saturated heterocycles. The fourth-order valence-electron chi connectivity index (χ4n) is 1.32. The Bertz CT molecular complexity index is 611. The van der Waals surface area contributed by atoms with Crippen LogP contribution in [-0.2, 0) is 10.0 Å². The number of nitrogen functional groups attached to an aromatic ring is 1. The van der Waals surface area contributed by atoms with E-state index in [0.717, 1.165) is 12.1 Å². The maximum Gasteiger partial charge on any atom is 0.434 e. The van der Waals surface area contributed by atoms with Crippen LogP contribution in [0.2, 0.25) is 0 Å². The predicted molar refractivity (Wildman–Crippen MR) is 58.8 cm³/mol. The van der Waals surface area contributed by atoms with Crippen LogP contribution in [0.25, 0.3) is 0 Å². The van der Waals surface area contributed by atoms with Gasteiger partial charge in [0.25, 0.3) is 6.10 Å². The van der Waals surface area contributed by atoms with Gasteiger partial charge in [-0.2, -0.15) is 26.3 Å². The fraction of sp³-hybridized carbons (Fsp3) is 0.333. The maximum atomic E-state index is 12.3. The number of primary sulfonamides is 1. The minimum atomic E-state index is -5.76. The van der Waals surface area contributed by atoms with Gasteiger partial charge in [-0.3, -0.25) is 0 Å². The van der Waals surface area contributed by atoms with Gasteiger partial charge in [0.05, 0.1) is 5.69 Å². The molecule has 120 valence electrons. The number of ether oxygens (including phenoxy) is 1. The molecule has 0 amide bonds. The SMILES string of the molecule is Nc1c(OC(C(F)(F)F)C(F)(F)F)cccc1S(N)(=O)=O. The summed E-state index contributed by atoms with van der Waals surface area (Å²) in [6.07, 6.45) is -15.7. The summed E-state index contributed by atoms with van der Waals surface area (Å²) in [5, 5.41) is 4.72. The summed E-state index contributed by atoms with van der Waals surface area (Å²) in [4.78, 5) is -0.844. The Morgan fingerprint density at radius 3 is 1.90 bits per heavy atom. The smallest absolute Gasteiger partial charge is 0.434 e. The van der Waals surface area contributed by atoms with Gasteiger partial charge >= 0.3 is 12.4 Å².